The molecule has 0 atom stereocenters. The maximum Gasteiger partial charge on any atom is 0.223 e. The van der Waals surface area contributed by atoms with E-state index in [1.807, 2.05) is 23.9 Å². The van der Waals surface area contributed by atoms with Crippen molar-refractivity contribution >= 4 is 28.2 Å². The van der Waals surface area contributed by atoms with Gasteiger partial charge in [-0.2, -0.15) is 5.10 Å². The van der Waals surface area contributed by atoms with Crippen LogP contribution in [0, 0.1) is 0 Å². The molecule has 3 aromatic heterocycles. The first kappa shape index (κ1) is 19.5. The average Bonchev–Trinajstić information content (AvgIpc) is 3.27. The first-order valence-electron chi connectivity index (χ1n) is 9.67. The van der Waals surface area contributed by atoms with Crippen LogP contribution < -0.4 is 10.6 Å². The Morgan fingerprint density at radius 1 is 1.34 bits per heavy atom. The molecule has 29 heavy (non-hydrogen) atoms. The Morgan fingerprint density at radius 3 is 2.90 bits per heavy atom. The molecule has 4 rings (SSSR count). The normalized spacial score (nSPS) is 12.4. The number of nitrogens with zero attached hydrogens (tertiary/aromatic N) is 4. The molecule has 152 valence electrons. The second-order valence-electron chi connectivity index (χ2n) is 6.83. The van der Waals surface area contributed by atoms with Crippen molar-refractivity contribution in [1.82, 2.24) is 19.7 Å². The number of aryl methyl sites for hydroxylation is 1. The second kappa shape index (κ2) is 8.30. The molecule has 0 aromatic carbocycles. The summed E-state index contributed by atoms with van der Waals surface area (Å²) in [6.45, 7) is 5.59. The third-order valence-electron chi connectivity index (χ3n) is 4.76. The lowest BCUT2D eigenvalue weighted by molar-refractivity contribution is -0.114. The molecule has 3 heterocycles. The van der Waals surface area contributed by atoms with Crippen LogP contribution >= 0.6 is 11.3 Å². The number of methoxy groups -OCH3 is 1. The van der Waals surface area contributed by atoms with Gasteiger partial charge in [-0.25, -0.2) is 9.97 Å². The van der Waals surface area contributed by atoms with E-state index in [2.05, 4.69) is 26.7 Å². The summed E-state index contributed by atoms with van der Waals surface area (Å²) in [4.78, 5) is 21.6. The van der Waals surface area contributed by atoms with Crippen LogP contribution in [0.5, 0.6) is 0 Å². The summed E-state index contributed by atoms with van der Waals surface area (Å²) in [5, 5.41) is 11.6. The Labute approximate surface area is 173 Å². The molecule has 9 heteroatoms. The molecule has 1 amide bonds. The standard InChI is InChI=1S/C20H24N6O2S/c1-4-21-16-8-5-13(11-22-16)17-14-6-7-15-19(29-20(24-15)23-12(2)27)18(14)26(25-17)9-10-28-3/h5,8,11H,4,6-7,9-10H2,1-3H3,(H,21,22)(H,23,24,27). The quantitative estimate of drug-likeness (QED) is 0.619. The molecular formula is C20H24N6O2S. The summed E-state index contributed by atoms with van der Waals surface area (Å²) in [6.07, 6.45) is 3.54. The Morgan fingerprint density at radius 2 is 2.21 bits per heavy atom. The van der Waals surface area contributed by atoms with E-state index < -0.39 is 0 Å². The van der Waals surface area contributed by atoms with Gasteiger partial charge in [0.05, 0.1) is 35.1 Å². The second-order valence-corrected chi connectivity index (χ2v) is 7.83. The van der Waals surface area contributed by atoms with E-state index >= 15 is 0 Å². The molecule has 0 spiro atoms. The van der Waals surface area contributed by atoms with Crippen molar-refractivity contribution in [1.29, 1.82) is 0 Å². The summed E-state index contributed by atoms with van der Waals surface area (Å²) >= 11 is 1.50. The Balaban J connectivity index is 1.78. The topological polar surface area (TPSA) is 94.0 Å². The minimum Gasteiger partial charge on any atom is -0.383 e. The molecule has 0 saturated heterocycles. The minimum absolute atomic E-state index is 0.114. The van der Waals surface area contributed by atoms with Gasteiger partial charge in [0.15, 0.2) is 5.13 Å². The fraction of sp³-hybridized carbons (Fsp3) is 0.400. The van der Waals surface area contributed by atoms with E-state index in [0.29, 0.717) is 18.3 Å². The van der Waals surface area contributed by atoms with Crippen LogP contribution in [0.4, 0.5) is 10.9 Å². The number of rotatable bonds is 7. The van der Waals surface area contributed by atoms with Gasteiger partial charge in [-0.1, -0.05) is 11.3 Å². The lowest BCUT2D eigenvalue weighted by Crippen LogP contribution is -2.10. The van der Waals surface area contributed by atoms with Gasteiger partial charge >= 0.3 is 0 Å². The predicted molar refractivity (Wildman–Crippen MR) is 114 cm³/mol. The van der Waals surface area contributed by atoms with Gasteiger partial charge in [0.2, 0.25) is 5.91 Å². The number of carbonyl (C=O) groups excluding carboxylic acids is 1. The first-order valence-corrected chi connectivity index (χ1v) is 10.5. The van der Waals surface area contributed by atoms with Gasteiger partial charge in [0.25, 0.3) is 0 Å². The van der Waals surface area contributed by atoms with Crippen LogP contribution in [-0.4, -0.2) is 45.9 Å². The summed E-state index contributed by atoms with van der Waals surface area (Å²) < 4.78 is 7.29. The van der Waals surface area contributed by atoms with E-state index in [9.17, 15) is 4.79 Å². The first-order chi connectivity index (χ1) is 14.1. The van der Waals surface area contributed by atoms with Crippen LogP contribution in [-0.2, 0) is 28.9 Å². The Bertz CT molecular complexity index is 1020. The highest BCUT2D eigenvalue weighted by Gasteiger charge is 2.29. The highest BCUT2D eigenvalue weighted by molar-refractivity contribution is 7.19. The average molecular weight is 413 g/mol. The highest BCUT2D eigenvalue weighted by Crippen LogP contribution is 2.43. The SMILES string of the molecule is CCNc1ccc(-c2nn(CCOC)c3c2CCc2nc(NC(C)=O)sc2-3)cn1. The Hall–Kier alpha value is -2.78. The number of hydrogen-bond donors (Lipinski definition) is 2. The van der Waals surface area contributed by atoms with Gasteiger partial charge in [-0.15, -0.1) is 0 Å². The molecule has 1 aliphatic rings. The zero-order valence-corrected chi connectivity index (χ0v) is 17.6. The fourth-order valence-electron chi connectivity index (χ4n) is 3.53. The molecule has 0 fully saturated rings. The molecule has 2 N–H and O–H groups in total. The van der Waals surface area contributed by atoms with Gasteiger partial charge in [0.1, 0.15) is 5.82 Å². The molecule has 0 bridgehead atoms. The summed E-state index contributed by atoms with van der Waals surface area (Å²) in [6, 6.07) is 4.04. The van der Waals surface area contributed by atoms with Gasteiger partial charge in [-0.05, 0) is 31.9 Å². The lowest BCUT2D eigenvalue weighted by Gasteiger charge is -2.14. The van der Waals surface area contributed by atoms with Crippen LogP contribution in [0.15, 0.2) is 18.3 Å². The van der Waals surface area contributed by atoms with E-state index in [1.54, 1.807) is 7.11 Å². The molecule has 0 radical (unpaired) electrons. The van der Waals surface area contributed by atoms with Crippen LogP contribution in [0.3, 0.4) is 0 Å². The molecule has 0 unspecified atom stereocenters. The third kappa shape index (κ3) is 3.88. The van der Waals surface area contributed by atoms with E-state index in [0.717, 1.165) is 52.7 Å². The van der Waals surface area contributed by atoms with Crippen molar-refractivity contribution in [2.24, 2.45) is 0 Å². The zero-order valence-electron chi connectivity index (χ0n) is 16.8. The van der Waals surface area contributed by atoms with Gasteiger partial charge in [0, 0.05) is 37.9 Å². The molecule has 3 aromatic rings. The fourth-order valence-corrected chi connectivity index (χ4v) is 4.67. The van der Waals surface area contributed by atoms with Crippen LogP contribution in [0.1, 0.15) is 25.1 Å². The van der Waals surface area contributed by atoms with Crippen molar-refractivity contribution in [2.45, 2.75) is 33.2 Å². The summed E-state index contributed by atoms with van der Waals surface area (Å²) in [5.74, 6) is 0.741. The van der Waals surface area contributed by atoms with E-state index in [1.165, 1.54) is 23.8 Å². The molecule has 1 aliphatic carbocycles. The molecular weight excluding hydrogens is 388 g/mol. The molecule has 0 saturated carbocycles. The third-order valence-corrected chi connectivity index (χ3v) is 5.78. The van der Waals surface area contributed by atoms with Crippen molar-refractivity contribution in [3.05, 3.63) is 29.6 Å². The van der Waals surface area contributed by atoms with Crippen molar-refractivity contribution < 1.29 is 9.53 Å². The van der Waals surface area contributed by atoms with Crippen LogP contribution in [0.2, 0.25) is 0 Å². The predicted octanol–water partition coefficient (Wildman–Crippen LogP) is 3.20. The number of nitrogens with one attached hydrogen (secondary N) is 2. The van der Waals surface area contributed by atoms with Gasteiger partial charge < -0.3 is 15.4 Å². The lowest BCUT2D eigenvalue weighted by atomic mass is 9.95. The number of pyridine rings is 1. The smallest absolute Gasteiger partial charge is 0.223 e. The van der Waals surface area contributed by atoms with Crippen molar-refractivity contribution in [2.75, 3.05) is 30.9 Å². The number of anilines is 2. The van der Waals surface area contributed by atoms with Crippen LogP contribution in [0.25, 0.3) is 21.8 Å². The maximum atomic E-state index is 11.5. The molecule has 0 aliphatic heterocycles. The summed E-state index contributed by atoms with van der Waals surface area (Å²) in [5.41, 5.74) is 5.23. The number of amides is 1. The van der Waals surface area contributed by atoms with Crippen molar-refractivity contribution in [3.8, 4) is 21.8 Å². The monoisotopic (exact) mass is 412 g/mol. The van der Waals surface area contributed by atoms with E-state index in [-0.39, 0.29) is 5.91 Å². The number of hydrogen-bond acceptors (Lipinski definition) is 7. The number of aromatic nitrogens is 4. The molecule has 8 nitrogen and oxygen atoms in total. The highest BCUT2D eigenvalue weighted by atomic mass is 32.1. The number of fused-ring (bicyclic) bond motifs is 3. The van der Waals surface area contributed by atoms with Gasteiger partial charge in [-0.3, -0.25) is 9.48 Å². The number of carbonyl (C=O) groups is 1. The number of ether oxygens (including phenoxy) is 1. The maximum absolute atomic E-state index is 11.5. The van der Waals surface area contributed by atoms with E-state index in [4.69, 9.17) is 9.84 Å². The van der Waals surface area contributed by atoms with Crippen molar-refractivity contribution in [3.63, 3.8) is 0 Å². The zero-order chi connectivity index (χ0) is 20.4. The largest absolute Gasteiger partial charge is 0.383 e. The Kier molecular flexibility index (Phi) is 5.59. The summed E-state index contributed by atoms with van der Waals surface area (Å²) in [7, 11) is 1.69. The minimum atomic E-state index is -0.114. The number of thiazole rings is 1.